The molecule has 2 heterocycles. The van der Waals surface area contributed by atoms with Gasteiger partial charge < -0.3 is 19.7 Å². The molecule has 4 unspecified atom stereocenters. The van der Waals surface area contributed by atoms with Gasteiger partial charge in [-0.15, -0.1) is 0 Å². The molecule has 26 heavy (non-hydrogen) atoms. The molecule has 2 N–H and O–H groups in total. The first-order valence-corrected chi connectivity index (χ1v) is 15.4. The number of hydrogen-bond acceptors (Lipinski definition) is 6. The Morgan fingerprint density at radius 2 is 1.50 bits per heavy atom. The minimum atomic E-state index is -0.826. The standard InChI is InChI=1S/C17H30N2O4.2ClH.Zr/c1-6-17(7-2,15-18-12(8-20)11(5)22-15)16-19-13(9-21)14(23-16)10(3)4;;;/h10-14,20-21H,6-9H2,1-5H3;2*1H;/q;;;+2/p-2. The second-order valence-electron chi connectivity index (χ2n) is 6.88. The molecule has 0 aliphatic carbocycles. The summed E-state index contributed by atoms with van der Waals surface area (Å²) in [5.74, 6) is 1.48. The van der Waals surface area contributed by atoms with Crippen molar-refractivity contribution in [2.24, 2.45) is 21.3 Å². The van der Waals surface area contributed by atoms with Crippen LogP contribution in [0, 0.1) is 11.3 Å². The van der Waals surface area contributed by atoms with Gasteiger partial charge in [-0.2, -0.15) is 0 Å². The van der Waals surface area contributed by atoms with E-state index in [9.17, 15) is 10.2 Å². The van der Waals surface area contributed by atoms with E-state index in [0.717, 1.165) is 12.8 Å². The van der Waals surface area contributed by atoms with E-state index in [2.05, 4.69) is 37.7 Å². The normalized spacial score (nSPS) is 27.9. The zero-order chi connectivity index (χ0) is 19.9. The summed E-state index contributed by atoms with van der Waals surface area (Å²) in [5.41, 5.74) is -0.519. The van der Waals surface area contributed by atoms with Crippen LogP contribution in [0.4, 0.5) is 0 Å². The molecule has 9 heteroatoms. The summed E-state index contributed by atoms with van der Waals surface area (Å²) in [6, 6.07) is -0.477. The molecule has 0 aromatic heterocycles. The topological polar surface area (TPSA) is 83.6 Å². The zero-order valence-electron chi connectivity index (χ0n) is 16.1. The molecule has 0 radical (unpaired) electrons. The second kappa shape index (κ2) is 11.4. The molecule has 0 saturated carbocycles. The van der Waals surface area contributed by atoms with Crippen molar-refractivity contribution in [2.45, 2.75) is 71.8 Å². The van der Waals surface area contributed by atoms with Crippen LogP contribution in [0.3, 0.4) is 0 Å². The van der Waals surface area contributed by atoms with Crippen molar-refractivity contribution < 1.29 is 40.5 Å². The van der Waals surface area contributed by atoms with E-state index in [1.54, 1.807) is 0 Å². The molecule has 0 fully saturated rings. The average molecular weight is 489 g/mol. The Balaban J connectivity index is 0.00000105. The molecule has 0 aromatic rings. The molecule has 6 nitrogen and oxygen atoms in total. The van der Waals surface area contributed by atoms with Crippen LogP contribution in [-0.4, -0.2) is 59.5 Å². The molecule has 0 saturated heterocycles. The van der Waals surface area contributed by atoms with Crippen molar-refractivity contribution in [2.75, 3.05) is 13.2 Å². The molecule has 2 aliphatic rings. The van der Waals surface area contributed by atoms with Crippen molar-refractivity contribution in [3.05, 3.63) is 0 Å². The van der Waals surface area contributed by atoms with Crippen molar-refractivity contribution in [3.8, 4) is 0 Å². The van der Waals surface area contributed by atoms with Crippen molar-refractivity contribution in [3.63, 3.8) is 0 Å². The quantitative estimate of drug-likeness (QED) is 0.577. The Hall–Kier alpha value is 0.323. The minimum absolute atomic E-state index is 0.0289. The van der Waals surface area contributed by atoms with E-state index in [1.807, 2.05) is 6.92 Å². The van der Waals surface area contributed by atoms with Crippen LogP contribution in [0.15, 0.2) is 9.98 Å². The molecule has 0 bridgehead atoms. The number of ether oxygens (including phenoxy) is 2. The van der Waals surface area contributed by atoms with E-state index >= 15 is 0 Å². The van der Waals surface area contributed by atoms with Crippen LogP contribution < -0.4 is 0 Å². The molecule has 0 spiro atoms. The van der Waals surface area contributed by atoms with Gasteiger partial charge in [-0.25, -0.2) is 9.98 Å². The molecule has 2 rings (SSSR count). The first-order chi connectivity index (χ1) is 12.3. The SMILES string of the molecule is CCC(CC)(C1=NC(CO)C(C)O1)C1=NC(CO)C(C(C)C)O1.[Cl][Zr][Cl]. The van der Waals surface area contributed by atoms with E-state index < -0.39 is 26.3 Å². The molecular formula is C17H30Cl2N2O4Zr. The van der Waals surface area contributed by atoms with Crippen LogP contribution >= 0.6 is 17.0 Å². The zero-order valence-corrected chi connectivity index (χ0v) is 20.0. The Kier molecular flexibility index (Phi) is 10.6. The molecule has 0 amide bonds. The Morgan fingerprint density at radius 1 is 1.04 bits per heavy atom. The number of nitrogens with zero attached hydrogens (tertiary/aromatic N) is 2. The van der Waals surface area contributed by atoms with Gasteiger partial charge in [0, 0.05) is 0 Å². The molecule has 0 aromatic carbocycles. The van der Waals surface area contributed by atoms with Gasteiger partial charge in [0.1, 0.15) is 29.7 Å². The van der Waals surface area contributed by atoms with E-state index in [0.29, 0.717) is 11.8 Å². The fraction of sp³-hybridized carbons (Fsp3) is 0.882. The van der Waals surface area contributed by atoms with Gasteiger partial charge >= 0.3 is 37.9 Å². The monoisotopic (exact) mass is 486 g/mol. The third-order valence-corrected chi connectivity index (χ3v) is 5.09. The van der Waals surface area contributed by atoms with Gasteiger partial charge in [-0.3, -0.25) is 0 Å². The van der Waals surface area contributed by atoms with Crippen LogP contribution in [0.1, 0.15) is 47.5 Å². The predicted octanol–water partition coefficient (Wildman–Crippen LogP) is 3.16. The Labute approximate surface area is 175 Å². The van der Waals surface area contributed by atoms with E-state index in [-0.39, 0.29) is 43.4 Å². The molecular weight excluding hydrogens is 458 g/mol. The predicted molar refractivity (Wildman–Crippen MR) is 102 cm³/mol. The van der Waals surface area contributed by atoms with Gasteiger partial charge in [-0.05, 0) is 25.7 Å². The summed E-state index contributed by atoms with van der Waals surface area (Å²) in [4.78, 5) is 9.25. The summed E-state index contributed by atoms with van der Waals surface area (Å²) in [6.45, 7) is 10.1. The van der Waals surface area contributed by atoms with Crippen LogP contribution in [-0.2, 0) is 30.3 Å². The maximum absolute atomic E-state index is 9.62. The number of hydrogen-bond donors (Lipinski definition) is 2. The molecule has 2 aliphatic heterocycles. The summed E-state index contributed by atoms with van der Waals surface area (Å²) < 4.78 is 12.1. The van der Waals surface area contributed by atoms with Crippen molar-refractivity contribution in [1.29, 1.82) is 0 Å². The van der Waals surface area contributed by atoms with Gasteiger partial charge in [0.15, 0.2) is 11.8 Å². The number of aliphatic hydroxyl groups excluding tert-OH is 2. The molecule has 4 atom stereocenters. The first kappa shape index (κ1) is 24.4. The number of rotatable bonds is 7. The van der Waals surface area contributed by atoms with E-state index in [4.69, 9.17) is 26.5 Å². The number of aliphatic hydroxyl groups is 2. The summed E-state index contributed by atoms with van der Waals surface area (Å²) in [5, 5.41) is 19.1. The third kappa shape index (κ3) is 5.22. The number of halogens is 2. The van der Waals surface area contributed by atoms with Gasteiger partial charge in [0.05, 0.1) is 13.2 Å². The molecule has 150 valence electrons. The van der Waals surface area contributed by atoms with E-state index in [1.165, 1.54) is 0 Å². The summed E-state index contributed by atoms with van der Waals surface area (Å²) in [7, 11) is 9.87. The van der Waals surface area contributed by atoms with Gasteiger partial charge in [-0.1, -0.05) is 27.7 Å². The third-order valence-electron chi connectivity index (χ3n) is 5.09. The van der Waals surface area contributed by atoms with Crippen LogP contribution in [0.2, 0.25) is 0 Å². The van der Waals surface area contributed by atoms with Crippen molar-refractivity contribution >= 4 is 28.8 Å². The van der Waals surface area contributed by atoms with Crippen LogP contribution in [0.5, 0.6) is 0 Å². The first-order valence-electron chi connectivity index (χ1n) is 9.02. The fourth-order valence-electron chi connectivity index (χ4n) is 3.34. The second-order valence-corrected chi connectivity index (χ2v) is 10.6. The Morgan fingerprint density at radius 3 is 1.85 bits per heavy atom. The van der Waals surface area contributed by atoms with Gasteiger partial charge in [0.2, 0.25) is 0 Å². The fourth-order valence-corrected chi connectivity index (χ4v) is 3.34. The average Bonchev–Trinajstić information content (AvgIpc) is 3.21. The van der Waals surface area contributed by atoms with Gasteiger partial charge in [0.25, 0.3) is 0 Å². The summed E-state index contributed by atoms with van der Waals surface area (Å²) >= 11 is -0.826. The Bertz CT molecular complexity index is 501. The van der Waals surface area contributed by atoms with Crippen LogP contribution in [0.25, 0.3) is 0 Å². The summed E-state index contributed by atoms with van der Waals surface area (Å²) in [6.07, 6.45) is 1.22. The number of aliphatic imine (C=N–C) groups is 2. The maximum atomic E-state index is 9.62. The van der Waals surface area contributed by atoms with Crippen molar-refractivity contribution in [1.82, 2.24) is 0 Å².